The van der Waals surface area contributed by atoms with Crippen molar-refractivity contribution >= 4 is 16.8 Å². The Morgan fingerprint density at radius 1 is 1.29 bits per heavy atom. The van der Waals surface area contributed by atoms with Gasteiger partial charge in [-0.2, -0.15) is 0 Å². The fourth-order valence-corrected chi connectivity index (χ4v) is 3.34. The van der Waals surface area contributed by atoms with E-state index in [1.807, 2.05) is 30.3 Å². The van der Waals surface area contributed by atoms with E-state index in [2.05, 4.69) is 9.97 Å². The second kappa shape index (κ2) is 8.39. The summed E-state index contributed by atoms with van der Waals surface area (Å²) in [5.41, 5.74) is 1.05. The number of carbonyl (C=O) groups excluding carboxylic acids is 1. The van der Waals surface area contributed by atoms with Crippen LogP contribution in [0.25, 0.3) is 10.9 Å². The van der Waals surface area contributed by atoms with Crippen LogP contribution in [0.2, 0.25) is 0 Å². The van der Waals surface area contributed by atoms with Crippen LogP contribution in [0.15, 0.2) is 47.2 Å². The number of amides is 1. The Kier molecular flexibility index (Phi) is 5.53. The maximum atomic E-state index is 12.6. The fourth-order valence-electron chi connectivity index (χ4n) is 3.34. The highest BCUT2D eigenvalue weighted by molar-refractivity contribution is 5.91. The molecule has 0 spiro atoms. The number of aromatic nitrogens is 2. The van der Waals surface area contributed by atoms with Gasteiger partial charge in [0.15, 0.2) is 12.3 Å². The normalized spacial score (nSPS) is 16.8. The molecule has 0 N–H and O–H groups in total. The van der Waals surface area contributed by atoms with Crippen LogP contribution in [0.4, 0.5) is 0 Å². The Morgan fingerprint density at radius 2 is 2.18 bits per heavy atom. The van der Waals surface area contributed by atoms with Crippen molar-refractivity contribution in [2.24, 2.45) is 0 Å². The number of oxazole rings is 1. The number of fused-ring (bicyclic) bond motifs is 1. The molecule has 0 unspecified atom stereocenters. The lowest BCUT2D eigenvalue weighted by Crippen LogP contribution is -2.37. The molecule has 1 aliphatic heterocycles. The smallest absolute Gasteiger partial charge is 0.275 e. The zero-order chi connectivity index (χ0) is 19.3. The monoisotopic (exact) mass is 381 g/mol. The zero-order valence-corrected chi connectivity index (χ0v) is 15.8. The molecule has 3 heterocycles. The largest absolute Gasteiger partial charge is 0.482 e. The maximum Gasteiger partial charge on any atom is 0.275 e. The van der Waals surface area contributed by atoms with Crippen molar-refractivity contribution in [1.82, 2.24) is 14.9 Å². The molecule has 3 aromatic rings. The van der Waals surface area contributed by atoms with E-state index in [0.29, 0.717) is 18.2 Å². The number of likely N-dealkylation sites (N-methyl/N-ethyl adjacent to an activating group) is 1. The molecule has 0 aliphatic carbocycles. The van der Waals surface area contributed by atoms with Gasteiger partial charge < -0.3 is 18.8 Å². The molecule has 1 amide bonds. The number of benzene rings is 1. The summed E-state index contributed by atoms with van der Waals surface area (Å²) in [5, 5.41) is 0.995. The van der Waals surface area contributed by atoms with E-state index in [0.717, 1.165) is 36.8 Å². The summed E-state index contributed by atoms with van der Waals surface area (Å²) in [6.07, 6.45) is 6.41. The van der Waals surface area contributed by atoms with Gasteiger partial charge in [-0.1, -0.05) is 18.2 Å². The third-order valence-electron chi connectivity index (χ3n) is 4.82. The first kappa shape index (κ1) is 18.4. The Labute approximate surface area is 163 Å². The Hall–Kier alpha value is -2.93. The average molecular weight is 381 g/mol. The Bertz CT molecular complexity index is 944. The van der Waals surface area contributed by atoms with Gasteiger partial charge in [0, 0.05) is 31.8 Å². The van der Waals surface area contributed by atoms with Gasteiger partial charge in [0.05, 0.1) is 6.10 Å². The van der Waals surface area contributed by atoms with Crippen LogP contribution in [-0.2, 0) is 11.3 Å². The highest BCUT2D eigenvalue weighted by Gasteiger charge is 2.22. The van der Waals surface area contributed by atoms with Crippen molar-refractivity contribution in [1.29, 1.82) is 0 Å². The first-order valence-electron chi connectivity index (χ1n) is 9.49. The minimum Gasteiger partial charge on any atom is -0.482 e. The lowest BCUT2D eigenvalue weighted by atomic mass is 10.1. The third-order valence-corrected chi connectivity index (χ3v) is 4.82. The summed E-state index contributed by atoms with van der Waals surface area (Å²) in [4.78, 5) is 22.8. The zero-order valence-electron chi connectivity index (χ0n) is 15.8. The number of hydrogen-bond donors (Lipinski definition) is 0. The van der Waals surface area contributed by atoms with E-state index in [1.165, 1.54) is 6.26 Å². The fraction of sp³-hybridized carbons (Fsp3) is 0.381. The molecule has 4 rings (SSSR count). The second-order valence-corrected chi connectivity index (χ2v) is 6.92. The van der Waals surface area contributed by atoms with Crippen LogP contribution in [0.3, 0.4) is 0 Å². The SMILES string of the molecule is CN(C[C@H]1CCCCO1)C(=O)c1coc(COc2cccc3cccnc23)n1. The highest BCUT2D eigenvalue weighted by atomic mass is 16.5. The summed E-state index contributed by atoms with van der Waals surface area (Å²) in [5.74, 6) is 0.811. The van der Waals surface area contributed by atoms with Crippen LogP contribution in [0, 0.1) is 0 Å². The molecular formula is C21H23N3O4. The first-order valence-corrected chi connectivity index (χ1v) is 9.49. The minimum absolute atomic E-state index is 0.0938. The van der Waals surface area contributed by atoms with Crippen molar-refractivity contribution in [2.75, 3.05) is 20.2 Å². The van der Waals surface area contributed by atoms with Crippen molar-refractivity contribution < 1.29 is 18.7 Å². The quantitative estimate of drug-likeness (QED) is 0.651. The number of rotatable bonds is 6. The topological polar surface area (TPSA) is 77.7 Å². The molecule has 0 radical (unpaired) electrons. The summed E-state index contributed by atoms with van der Waals surface area (Å²) in [7, 11) is 1.76. The second-order valence-electron chi connectivity index (χ2n) is 6.92. The van der Waals surface area contributed by atoms with Crippen molar-refractivity contribution in [3.63, 3.8) is 0 Å². The molecule has 1 atom stereocenters. The lowest BCUT2D eigenvalue weighted by Gasteiger charge is -2.26. The van der Waals surface area contributed by atoms with Crippen molar-refractivity contribution in [2.45, 2.75) is 32.0 Å². The van der Waals surface area contributed by atoms with E-state index < -0.39 is 0 Å². The summed E-state index contributed by atoms with van der Waals surface area (Å²) < 4.78 is 16.9. The van der Waals surface area contributed by atoms with E-state index in [4.69, 9.17) is 13.9 Å². The van der Waals surface area contributed by atoms with E-state index >= 15 is 0 Å². The Balaban J connectivity index is 1.37. The molecule has 146 valence electrons. The maximum absolute atomic E-state index is 12.6. The number of ether oxygens (including phenoxy) is 2. The predicted octanol–water partition coefficient (Wildman–Crippen LogP) is 3.44. The molecule has 1 saturated heterocycles. The van der Waals surface area contributed by atoms with Crippen LogP contribution < -0.4 is 4.74 Å². The molecule has 7 nitrogen and oxygen atoms in total. The van der Waals surface area contributed by atoms with E-state index in [1.54, 1.807) is 18.1 Å². The third kappa shape index (κ3) is 4.14. The molecule has 0 saturated carbocycles. The average Bonchev–Trinajstić information content (AvgIpc) is 3.21. The standard InChI is InChI=1S/C21H23N3O4/c1-24(12-16-8-2-3-11-26-16)21(25)17-13-28-19(23-17)14-27-18-9-4-6-15-7-5-10-22-20(15)18/h4-7,9-10,13,16H,2-3,8,11-12,14H2,1H3/t16-/m1/s1. The van der Waals surface area contributed by atoms with Crippen molar-refractivity contribution in [3.05, 3.63) is 54.4 Å². The van der Waals surface area contributed by atoms with Crippen LogP contribution in [-0.4, -0.2) is 47.1 Å². The summed E-state index contributed by atoms with van der Waals surface area (Å²) in [6, 6.07) is 9.59. The van der Waals surface area contributed by atoms with Crippen LogP contribution in [0.5, 0.6) is 5.75 Å². The molecule has 0 bridgehead atoms. The van der Waals surface area contributed by atoms with Crippen LogP contribution >= 0.6 is 0 Å². The minimum atomic E-state index is -0.184. The van der Waals surface area contributed by atoms with Gasteiger partial charge in [0.2, 0.25) is 5.89 Å². The van der Waals surface area contributed by atoms with Gasteiger partial charge in [0.25, 0.3) is 5.91 Å². The van der Waals surface area contributed by atoms with E-state index in [9.17, 15) is 4.79 Å². The molecule has 1 aliphatic rings. The molecule has 1 aromatic carbocycles. The number of nitrogens with zero attached hydrogens (tertiary/aromatic N) is 3. The molecule has 7 heteroatoms. The Morgan fingerprint density at radius 3 is 3.04 bits per heavy atom. The lowest BCUT2D eigenvalue weighted by molar-refractivity contribution is -0.000293. The van der Waals surface area contributed by atoms with Gasteiger partial charge in [-0.05, 0) is 31.4 Å². The number of pyridine rings is 1. The van der Waals surface area contributed by atoms with E-state index in [-0.39, 0.29) is 24.3 Å². The van der Waals surface area contributed by atoms with Crippen LogP contribution in [0.1, 0.15) is 35.6 Å². The van der Waals surface area contributed by atoms with Gasteiger partial charge >= 0.3 is 0 Å². The van der Waals surface area contributed by atoms with Gasteiger partial charge in [-0.15, -0.1) is 0 Å². The molecule has 2 aromatic heterocycles. The molecule has 1 fully saturated rings. The number of para-hydroxylation sites is 1. The highest BCUT2D eigenvalue weighted by Crippen LogP contribution is 2.24. The van der Waals surface area contributed by atoms with Gasteiger partial charge in [0.1, 0.15) is 17.5 Å². The molecule has 28 heavy (non-hydrogen) atoms. The number of carbonyl (C=O) groups is 1. The van der Waals surface area contributed by atoms with Gasteiger partial charge in [-0.25, -0.2) is 4.98 Å². The summed E-state index contributed by atoms with van der Waals surface area (Å²) in [6.45, 7) is 1.44. The first-order chi connectivity index (χ1) is 13.7. The summed E-state index contributed by atoms with van der Waals surface area (Å²) >= 11 is 0. The van der Waals surface area contributed by atoms with Gasteiger partial charge in [-0.3, -0.25) is 9.78 Å². The molecular weight excluding hydrogens is 358 g/mol. The van der Waals surface area contributed by atoms with Crippen molar-refractivity contribution in [3.8, 4) is 5.75 Å². The number of hydrogen-bond acceptors (Lipinski definition) is 6. The predicted molar refractivity (Wildman–Crippen MR) is 103 cm³/mol.